The standard InChI is InChI=1S/C20H25FN2O3S2/c1-15-5-4-6-17(13-15)14-27-12-11-22-20(24)16(2)23(28(3,25)26)19-9-7-18(21)8-10-19/h4-10,13,16H,11-12,14H2,1-3H3,(H,22,24). The minimum Gasteiger partial charge on any atom is -0.353 e. The molecule has 0 saturated carbocycles. The normalized spacial score (nSPS) is 12.4. The lowest BCUT2D eigenvalue weighted by molar-refractivity contribution is -0.121. The van der Waals surface area contributed by atoms with Crippen molar-refractivity contribution < 1.29 is 17.6 Å². The van der Waals surface area contributed by atoms with Crippen LogP contribution >= 0.6 is 11.8 Å². The molecule has 0 aliphatic heterocycles. The van der Waals surface area contributed by atoms with Gasteiger partial charge < -0.3 is 5.32 Å². The first kappa shape index (κ1) is 22.2. The summed E-state index contributed by atoms with van der Waals surface area (Å²) in [5, 5.41) is 2.77. The molecule has 0 heterocycles. The lowest BCUT2D eigenvalue weighted by Gasteiger charge is -2.28. The number of hydrogen-bond donors (Lipinski definition) is 1. The lowest BCUT2D eigenvalue weighted by atomic mass is 10.2. The first-order chi connectivity index (χ1) is 13.2. The molecule has 0 aliphatic carbocycles. The second kappa shape index (κ2) is 9.93. The smallest absolute Gasteiger partial charge is 0.243 e. The molecule has 0 saturated heterocycles. The van der Waals surface area contributed by atoms with Gasteiger partial charge in [-0.15, -0.1) is 0 Å². The Balaban J connectivity index is 1.89. The van der Waals surface area contributed by atoms with Gasteiger partial charge >= 0.3 is 0 Å². The molecule has 0 aliphatic rings. The largest absolute Gasteiger partial charge is 0.353 e. The van der Waals surface area contributed by atoms with Gasteiger partial charge in [0, 0.05) is 18.1 Å². The predicted molar refractivity (Wildman–Crippen MR) is 114 cm³/mol. The summed E-state index contributed by atoms with van der Waals surface area (Å²) in [6.07, 6.45) is 1.03. The minimum atomic E-state index is -3.71. The molecule has 152 valence electrons. The van der Waals surface area contributed by atoms with Crippen molar-refractivity contribution in [3.8, 4) is 0 Å². The summed E-state index contributed by atoms with van der Waals surface area (Å²) >= 11 is 1.69. The van der Waals surface area contributed by atoms with Crippen LogP contribution in [0.2, 0.25) is 0 Å². The predicted octanol–water partition coefficient (Wildman–Crippen LogP) is 3.34. The van der Waals surface area contributed by atoms with E-state index in [4.69, 9.17) is 0 Å². The number of amides is 1. The van der Waals surface area contributed by atoms with Gasteiger partial charge in [0.1, 0.15) is 11.9 Å². The van der Waals surface area contributed by atoms with E-state index in [1.165, 1.54) is 42.3 Å². The van der Waals surface area contributed by atoms with Crippen LogP contribution in [0.25, 0.3) is 0 Å². The molecule has 1 unspecified atom stereocenters. The molecule has 5 nitrogen and oxygen atoms in total. The third kappa shape index (κ3) is 6.53. The molecule has 2 rings (SSSR count). The Morgan fingerprint density at radius 1 is 1.21 bits per heavy atom. The first-order valence-electron chi connectivity index (χ1n) is 8.84. The van der Waals surface area contributed by atoms with E-state index in [0.717, 1.165) is 16.3 Å². The number of benzene rings is 2. The van der Waals surface area contributed by atoms with Gasteiger partial charge in [0.05, 0.1) is 11.9 Å². The Hall–Kier alpha value is -2.06. The van der Waals surface area contributed by atoms with E-state index >= 15 is 0 Å². The summed E-state index contributed by atoms with van der Waals surface area (Å²) in [6.45, 7) is 3.99. The highest BCUT2D eigenvalue weighted by Crippen LogP contribution is 2.21. The maximum Gasteiger partial charge on any atom is 0.243 e. The van der Waals surface area contributed by atoms with Crippen LogP contribution < -0.4 is 9.62 Å². The number of carbonyl (C=O) groups is 1. The summed E-state index contributed by atoms with van der Waals surface area (Å²) < 4.78 is 38.5. The van der Waals surface area contributed by atoms with Crippen LogP contribution in [0.5, 0.6) is 0 Å². The zero-order chi connectivity index (χ0) is 20.7. The van der Waals surface area contributed by atoms with Crippen molar-refractivity contribution in [1.82, 2.24) is 5.32 Å². The molecule has 2 aromatic rings. The summed E-state index contributed by atoms with van der Waals surface area (Å²) in [6, 6.07) is 12.3. The topological polar surface area (TPSA) is 66.5 Å². The molecule has 2 aromatic carbocycles. The van der Waals surface area contributed by atoms with Crippen LogP contribution in [0.4, 0.5) is 10.1 Å². The third-order valence-electron chi connectivity index (χ3n) is 4.07. The van der Waals surface area contributed by atoms with Crippen molar-refractivity contribution >= 4 is 33.4 Å². The molecule has 0 spiro atoms. The molecule has 0 aromatic heterocycles. The Morgan fingerprint density at radius 2 is 1.89 bits per heavy atom. The minimum absolute atomic E-state index is 0.250. The van der Waals surface area contributed by atoms with E-state index in [2.05, 4.69) is 17.4 Å². The summed E-state index contributed by atoms with van der Waals surface area (Å²) in [7, 11) is -3.71. The van der Waals surface area contributed by atoms with Crippen LogP contribution in [0, 0.1) is 12.7 Å². The van der Waals surface area contributed by atoms with Gasteiger partial charge in [-0.05, 0) is 43.7 Å². The van der Waals surface area contributed by atoms with E-state index in [1.54, 1.807) is 11.8 Å². The summed E-state index contributed by atoms with van der Waals surface area (Å²) in [4.78, 5) is 12.4. The van der Waals surface area contributed by atoms with Crippen molar-refractivity contribution in [1.29, 1.82) is 0 Å². The molecule has 1 N–H and O–H groups in total. The number of aryl methyl sites for hydroxylation is 1. The third-order valence-corrected chi connectivity index (χ3v) is 6.34. The fourth-order valence-corrected chi connectivity index (χ4v) is 4.76. The number of halogens is 1. The number of nitrogens with zero attached hydrogens (tertiary/aromatic N) is 1. The Morgan fingerprint density at radius 3 is 2.50 bits per heavy atom. The number of anilines is 1. The zero-order valence-electron chi connectivity index (χ0n) is 16.2. The summed E-state index contributed by atoms with van der Waals surface area (Å²) in [5.74, 6) is 0.686. The van der Waals surface area contributed by atoms with E-state index in [0.29, 0.717) is 12.3 Å². The fourth-order valence-electron chi connectivity index (χ4n) is 2.78. The molecule has 8 heteroatoms. The van der Waals surface area contributed by atoms with Gasteiger partial charge in [0.2, 0.25) is 15.9 Å². The molecule has 0 bridgehead atoms. The number of hydrogen-bond acceptors (Lipinski definition) is 4. The van der Waals surface area contributed by atoms with E-state index in [9.17, 15) is 17.6 Å². The van der Waals surface area contributed by atoms with Crippen LogP contribution in [0.3, 0.4) is 0 Å². The van der Waals surface area contributed by atoms with Gasteiger partial charge in [-0.1, -0.05) is 29.8 Å². The lowest BCUT2D eigenvalue weighted by Crippen LogP contribution is -2.48. The van der Waals surface area contributed by atoms with E-state index in [1.807, 2.05) is 19.1 Å². The fraction of sp³-hybridized carbons (Fsp3) is 0.350. The van der Waals surface area contributed by atoms with Crippen molar-refractivity contribution in [2.24, 2.45) is 0 Å². The van der Waals surface area contributed by atoms with E-state index in [-0.39, 0.29) is 5.69 Å². The van der Waals surface area contributed by atoms with Gasteiger partial charge in [0.15, 0.2) is 0 Å². The SMILES string of the molecule is Cc1cccc(CSCCNC(=O)C(C)N(c2ccc(F)cc2)S(C)(=O)=O)c1. The van der Waals surface area contributed by atoms with Crippen LogP contribution in [0.15, 0.2) is 48.5 Å². The number of nitrogens with one attached hydrogen (secondary N) is 1. The highest BCUT2D eigenvalue weighted by Gasteiger charge is 2.28. The maximum absolute atomic E-state index is 13.1. The monoisotopic (exact) mass is 424 g/mol. The number of rotatable bonds is 9. The van der Waals surface area contributed by atoms with Crippen molar-refractivity contribution in [2.45, 2.75) is 25.6 Å². The second-order valence-electron chi connectivity index (χ2n) is 6.54. The second-order valence-corrected chi connectivity index (χ2v) is 9.51. The molecule has 1 atom stereocenters. The van der Waals surface area contributed by atoms with Gasteiger partial charge in [-0.25, -0.2) is 12.8 Å². The van der Waals surface area contributed by atoms with Crippen LogP contribution in [0.1, 0.15) is 18.1 Å². The average molecular weight is 425 g/mol. The van der Waals surface area contributed by atoms with Gasteiger partial charge in [-0.3, -0.25) is 9.10 Å². The molecule has 28 heavy (non-hydrogen) atoms. The Labute approximate surface area is 170 Å². The van der Waals surface area contributed by atoms with Gasteiger partial charge in [0.25, 0.3) is 0 Å². The average Bonchev–Trinajstić information content (AvgIpc) is 2.62. The number of sulfonamides is 1. The molecule has 1 amide bonds. The highest BCUT2D eigenvalue weighted by molar-refractivity contribution is 7.98. The quantitative estimate of drug-likeness (QED) is 0.627. The van der Waals surface area contributed by atoms with E-state index < -0.39 is 27.8 Å². The van der Waals surface area contributed by atoms with Crippen molar-refractivity contribution in [2.75, 3.05) is 22.9 Å². The zero-order valence-corrected chi connectivity index (χ0v) is 17.8. The first-order valence-corrected chi connectivity index (χ1v) is 11.8. The molecular formula is C20H25FN2O3S2. The molecular weight excluding hydrogens is 399 g/mol. The van der Waals surface area contributed by atoms with Crippen LogP contribution in [-0.4, -0.2) is 38.9 Å². The molecule has 0 fully saturated rings. The number of thioether (sulfide) groups is 1. The van der Waals surface area contributed by atoms with Gasteiger partial charge in [-0.2, -0.15) is 11.8 Å². The van der Waals surface area contributed by atoms with Crippen LogP contribution in [-0.2, 0) is 20.6 Å². The van der Waals surface area contributed by atoms with Crippen molar-refractivity contribution in [3.05, 3.63) is 65.5 Å². The Kier molecular flexibility index (Phi) is 7.88. The highest BCUT2D eigenvalue weighted by atomic mass is 32.2. The maximum atomic E-state index is 13.1. The number of carbonyl (C=O) groups excluding carboxylic acids is 1. The molecule has 0 radical (unpaired) electrons. The summed E-state index contributed by atoms with van der Waals surface area (Å²) in [5.41, 5.74) is 2.69. The van der Waals surface area contributed by atoms with Crippen molar-refractivity contribution in [3.63, 3.8) is 0 Å². The Bertz CT molecular complexity index is 902.